The van der Waals surface area contributed by atoms with Crippen molar-refractivity contribution in [1.82, 2.24) is 0 Å². The Bertz CT molecular complexity index is 170. The third-order valence-corrected chi connectivity index (χ3v) is 3.87. The normalized spacial score (nSPS) is 32.8. The summed E-state index contributed by atoms with van der Waals surface area (Å²) in [6.07, 6.45) is 6.23. The van der Waals surface area contributed by atoms with Crippen LogP contribution in [-0.4, -0.2) is 5.54 Å². The van der Waals surface area contributed by atoms with Crippen molar-refractivity contribution in [2.75, 3.05) is 0 Å². The maximum Gasteiger partial charge on any atom is 0.0187 e. The molecular formula is C12H25N. The van der Waals surface area contributed by atoms with Crippen LogP contribution < -0.4 is 5.73 Å². The van der Waals surface area contributed by atoms with E-state index >= 15 is 0 Å². The largest absolute Gasteiger partial charge is 0.325 e. The van der Waals surface area contributed by atoms with Gasteiger partial charge in [0.05, 0.1) is 0 Å². The molecule has 0 aromatic heterocycles. The number of hydrogen-bond donors (Lipinski definition) is 1. The third-order valence-electron chi connectivity index (χ3n) is 3.87. The molecule has 0 heterocycles. The van der Waals surface area contributed by atoms with Gasteiger partial charge in [0, 0.05) is 5.54 Å². The van der Waals surface area contributed by atoms with Crippen molar-refractivity contribution in [3.05, 3.63) is 0 Å². The fraction of sp³-hybridized carbons (Fsp3) is 1.00. The van der Waals surface area contributed by atoms with Gasteiger partial charge in [0.2, 0.25) is 0 Å². The summed E-state index contributed by atoms with van der Waals surface area (Å²) >= 11 is 0. The van der Waals surface area contributed by atoms with Gasteiger partial charge in [-0.1, -0.05) is 40.5 Å². The highest BCUT2D eigenvalue weighted by Crippen LogP contribution is 2.46. The molecule has 1 fully saturated rings. The predicted octanol–water partition coefficient (Wildman–Crippen LogP) is 3.33. The summed E-state index contributed by atoms with van der Waals surface area (Å²) in [7, 11) is 0. The van der Waals surface area contributed by atoms with E-state index in [1.54, 1.807) is 0 Å². The topological polar surface area (TPSA) is 26.0 Å². The SMILES string of the molecule is CCC(CC)C1(N)CCC(C)(C)C1. The van der Waals surface area contributed by atoms with Crippen molar-refractivity contribution >= 4 is 0 Å². The first kappa shape index (κ1) is 11.0. The Labute approximate surface area is 83.1 Å². The minimum atomic E-state index is 0.146. The third kappa shape index (κ3) is 2.25. The van der Waals surface area contributed by atoms with Crippen LogP contribution >= 0.6 is 0 Å². The molecule has 1 unspecified atom stereocenters. The van der Waals surface area contributed by atoms with Crippen molar-refractivity contribution < 1.29 is 0 Å². The molecule has 1 heteroatoms. The van der Waals surface area contributed by atoms with E-state index in [0.29, 0.717) is 5.41 Å². The van der Waals surface area contributed by atoms with Gasteiger partial charge in [-0.25, -0.2) is 0 Å². The van der Waals surface area contributed by atoms with E-state index in [-0.39, 0.29) is 5.54 Å². The smallest absolute Gasteiger partial charge is 0.0187 e. The zero-order chi connectivity index (χ0) is 10.1. The van der Waals surface area contributed by atoms with Crippen LogP contribution in [0.3, 0.4) is 0 Å². The van der Waals surface area contributed by atoms with Gasteiger partial charge in [-0.3, -0.25) is 0 Å². The summed E-state index contributed by atoms with van der Waals surface area (Å²) in [6, 6.07) is 0. The molecule has 1 saturated carbocycles. The van der Waals surface area contributed by atoms with Crippen molar-refractivity contribution in [3.63, 3.8) is 0 Å². The molecule has 2 N–H and O–H groups in total. The van der Waals surface area contributed by atoms with Gasteiger partial charge in [-0.05, 0) is 30.6 Å². The highest BCUT2D eigenvalue weighted by Gasteiger charge is 2.43. The molecule has 1 atom stereocenters. The molecule has 1 rings (SSSR count). The quantitative estimate of drug-likeness (QED) is 0.713. The first-order chi connectivity index (χ1) is 5.93. The van der Waals surface area contributed by atoms with Gasteiger partial charge in [-0.15, -0.1) is 0 Å². The lowest BCUT2D eigenvalue weighted by Crippen LogP contribution is -2.45. The Balaban J connectivity index is 2.67. The zero-order valence-electron chi connectivity index (χ0n) is 9.69. The van der Waals surface area contributed by atoms with Crippen molar-refractivity contribution in [3.8, 4) is 0 Å². The van der Waals surface area contributed by atoms with E-state index in [0.717, 1.165) is 5.92 Å². The van der Waals surface area contributed by atoms with Crippen molar-refractivity contribution in [2.45, 2.75) is 65.3 Å². The molecule has 1 nitrogen and oxygen atoms in total. The predicted molar refractivity (Wildman–Crippen MR) is 58.6 cm³/mol. The van der Waals surface area contributed by atoms with Crippen molar-refractivity contribution in [2.24, 2.45) is 17.1 Å². The maximum atomic E-state index is 6.50. The lowest BCUT2D eigenvalue weighted by molar-refractivity contribution is 0.233. The fourth-order valence-corrected chi connectivity index (χ4v) is 3.09. The molecule has 78 valence electrons. The second-order valence-corrected chi connectivity index (χ2v) is 5.59. The Morgan fingerprint density at radius 3 is 2.00 bits per heavy atom. The molecule has 0 bridgehead atoms. The van der Waals surface area contributed by atoms with E-state index in [4.69, 9.17) is 5.73 Å². The van der Waals surface area contributed by atoms with Crippen LogP contribution in [0.2, 0.25) is 0 Å². The molecule has 0 spiro atoms. The highest BCUT2D eigenvalue weighted by atomic mass is 14.8. The summed E-state index contributed by atoms with van der Waals surface area (Å²) < 4.78 is 0. The van der Waals surface area contributed by atoms with Gasteiger partial charge in [0.15, 0.2) is 0 Å². The van der Waals surface area contributed by atoms with Crippen LogP contribution in [-0.2, 0) is 0 Å². The summed E-state index contributed by atoms with van der Waals surface area (Å²) in [5, 5.41) is 0. The first-order valence-electron chi connectivity index (χ1n) is 5.72. The van der Waals surface area contributed by atoms with Crippen LogP contribution in [0.15, 0.2) is 0 Å². The average molecular weight is 183 g/mol. The van der Waals surface area contributed by atoms with E-state index < -0.39 is 0 Å². The minimum Gasteiger partial charge on any atom is -0.325 e. The molecule has 0 aromatic carbocycles. The Hall–Kier alpha value is -0.0400. The lowest BCUT2D eigenvalue weighted by atomic mass is 9.77. The molecule has 0 amide bonds. The molecule has 1 aliphatic carbocycles. The van der Waals surface area contributed by atoms with Crippen LogP contribution in [0.5, 0.6) is 0 Å². The lowest BCUT2D eigenvalue weighted by Gasteiger charge is -2.34. The van der Waals surface area contributed by atoms with E-state index in [1.165, 1.54) is 32.1 Å². The second-order valence-electron chi connectivity index (χ2n) is 5.59. The monoisotopic (exact) mass is 183 g/mol. The molecule has 13 heavy (non-hydrogen) atoms. The maximum absolute atomic E-state index is 6.50. The van der Waals surface area contributed by atoms with Gasteiger partial charge >= 0.3 is 0 Å². The summed E-state index contributed by atoms with van der Waals surface area (Å²) in [5.74, 6) is 0.731. The molecule has 0 aliphatic heterocycles. The Morgan fingerprint density at radius 1 is 1.15 bits per heavy atom. The number of nitrogens with two attached hydrogens (primary N) is 1. The van der Waals surface area contributed by atoms with E-state index in [1.807, 2.05) is 0 Å². The first-order valence-corrected chi connectivity index (χ1v) is 5.72. The molecule has 0 aromatic rings. The molecule has 0 saturated heterocycles. The highest BCUT2D eigenvalue weighted by molar-refractivity contribution is 5.00. The van der Waals surface area contributed by atoms with Crippen LogP contribution in [0.25, 0.3) is 0 Å². The molecule has 0 radical (unpaired) electrons. The number of hydrogen-bond acceptors (Lipinski definition) is 1. The van der Waals surface area contributed by atoms with E-state index in [2.05, 4.69) is 27.7 Å². The average Bonchev–Trinajstić information content (AvgIpc) is 2.29. The summed E-state index contributed by atoms with van der Waals surface area (Å²) in [6.45, 7) is 9.25. The van der Waals surface area contributed by atoms with Gasteiger partial charge in [0.25, 0.3) is 0 Å². The zero-order valence-corrected chi connectivity index (χ0v) is 9.69. The summed E-state index contributed by atoms with van der Waals surface area (Å²) in [4.78, 5) is 0. The van der Waals surface area contributed by atoms with Crippen LogP contribution in [0, 0.1) is 11.3 Å². The van der Waals surface area contributed by atoms with Gasteiger partial charge in [-0.2, -0.15) is 0 Å². The van der Waals surface area contributed by atoms with Gasteiger partial charge in [0.1, 0.15) is 0 Å². The Kier molecular flexibility index (Phi) is 3.06. The van der Waals surface area contributed by atoms with Gasteiger partial charge < -0.3 is 5.73 Å². The fourth-order valence-electron chi connectivity index (χ4n) is 3.09. The number of rotatable bonds is 3. The molecular weight excluding hydrogens is 158 g/mol. The van der Waals surface area contributed by atoms with Crippen LogP contribution in [0.4, 0.5) is 0 Å². The second kappa shape index (κ2) is 3.61. The minimum absolute atomic E-state index is 0.146. The molecule has 1 aliphatic rings. The Morgan fingerprint density at radius 2 is 1.69 bits per heavy atom. The standard InChI is InChI=1S/C12H25N/c1-5-10(6-2)12(13)8-7-11(3,4)9-12/h10H,5-9,13H2,1-4H3. The van der Waals surface area contributed by atoms with E-state index in [9.17, 15) is 0 Å². The summed E-state index contributed by atoms with van der Waals surface area (Å²) in [5.41, 5.74) is 7.13. The van der Waals surface area contributed by atoms with Crippen molar-refractivity contribution in [1.29, 1.82) is 0 Å². The van der Waals surface area contributed by atoms with Crippen LogP contribution in [0.1, 0.15) is 59.8 Å².